The number of unbranched alkanes of at least 4 members (excludes halogenated alkanes) is 1. The Kier molecular flexibility index (Phi) is 6.59. The summed E-state index contributed by atoms with van der Waals surface area (Å²) in [5.41, 5.74) is 1.19. The Morgan fingerprint density at radius 1 is 1.10 bits per heavy atom. The number of benzene rings is 2. The fourth-order valence-corrected chi connectivity index (χ4v) is 3.72. The molecule has 1 saturated heterocycles. The molecule has 1 fully saturated rings. The maximum Gasteiger partial charge on any atom is 0.269 e. The molecular formula is C23H25N3O5. The third kappa shape index (κ3) is 5.10. The Bertz CT molecular complexity index is 1100. The van der Waals surface area contributed by atoms with E-state index < -0.39 is 4.92 Å². The minimum Gasteiger partial charge on any atom is -0.493 e. The number of hydrogen-bond acceptors (Lipinski definition) is 7. The fourth-order valence-electron chi connectivity index (χ4n) is 3.72. The molecule has 162 valence electrons. The molecule has 3 aromatic rings. The molecule has 0 amide bonds. The number of non-ortho nitro benzene ring substituents is 1. The zero-order chi connectivity index (χ0) is 21.6. The second kappa shape index (κ2) is 9.72. The van der Waals surface area contributed by atoms with Gasteiger partial charge in [-0.1, -0.05) is 0 Å². The van der Waals surface area contributed by atoms with Crippen molar-refractivity contribution in [2.45, 2.75) is 12.8 Å². The first-order chi connectivity index (χ1) is 15.1. The predicted molar refractivity (Wildman–Crippen MR) is 119 cm³/mol. The zero-order valence-electron chi connectivity index (χ0n) is 17.2. The minimum atomic E-state index is -0.473. The van der Waals surface area contributed by atoms with Gasteiger partial charge in [0, 0.05) is 44.4 Å². The Labute approximate surface area is 179 Å². The van der Waals surface area contributed by atoms with Crippen LogP contribution in [0.2, 0.25) is 0 Å². The van der Waals surface area contributed by atoms with E-state index in [1.165, 1.54) is 18.4 Å². The first-order valence-electron chi connectivity index (χ1n) is 10.5. The molecule has 8 nitrogen and oxygen atoms in total. The Balaban J connectivity index is 1.38. The van der Waals surface area contributed by atoms with Crippen LogP contribution in [0.1, 0.15) is 12.8 Å². The number of nitrogens with zero attached hydrogens (tertiary/aromatic N) is 2. The van der Waals surface area contributed by atoms with Crippen LogP contribution < -0.4 is 15.5 Å². The van der Waals surface area contributed by atoms with Crippen LogP contribution in [0.3, 0.4) is 0 Å². The molecule has 1 N–H and O–H groups in total. The summed E-state index contributed by atoms with van der Waals surface area (Å²) in [4.78, 5) is 25.7. The second-order valence-corrected chi connectivity index (χ2v) is 7.59. The molecule has 1 aliphatic heterocycles. The third-order valence-corrected chi connectivity index (χ3v) is 5.48. The van der Waals surface area contributed by atoms with Crippen LogP contribution in [0.4, 0.5) is 5.69 Å². The predicted octanol–water partition coefficient (Wildman–Crippen LogP) is 3.43. The molecule has 1 aliphatic rings. The van der Waals surface area contributed by atoms with Crippen molar-refractivity contribution in [1.82, 2.24) is 10.2 Å². The molecule has 0 unspecified atom stereocenters. The zero-order valence-corrected chi connectivity index (χ0v) is 17.2. The Morgan fingerprint density at radius 2 is 1.87 bits per heavy atom. The van der Waals surface area contributed by atoms with Gasteiger partial charge in [-0.2, -0.15) is 0 Å². The maximum atomic E-state index is 12.9. The monoisotopic (exact) mass is 423 g/mol. The summed E-state index contributed by atoms with van der Waals surface area (Å²) in [5.74, 6) is 0.668. The van der Waals surface area contributed by atoms with E-state index in [1.54, 1.807) is 30.3 Å². The van der Waals surface area contributed by atoms with Crippen molar-refractivity contribution < 1.29 is 14.1 Å². The highest BCUT2D eigenvalue weighted by Gasteiger charge is 2.12. The van der Waals surface area contributed by atoms with Crippen LogP contribution in [0, 0.1) is 10.1 Å². The molecule has 0 aliphatic carbocycles. The summed E-state index contributed by atoms with van der Waals surface area (Å²) < 4.78 is 11.5. The highest BCUT2D eigenvalue weighted by molar-refractivity contribution is 5.82. The maximum absolute atomic E-state index is 12.9. The van der Waals surface area contributed by atoms with Crippen molar-refractivity contribution in [3.63, 3.8) is 0 Å². The van der Waals surface area contributed by atoms with Gasteiger partial charge in [0.1, 0.15) is 17.6 Å². The van der Waals surface area contributed by atoms with E-state index in [-0.39, 0.29) is 11.1 Å². The molecular weight excluding hydrogens is 398 g/mol. The van der Waals surface area contributed by atoms with Gasteiger partial charge in [-0.3, -0.25) is 14.9 Å². The van der Waals surface area contributed by atoms with Crippen LogP contribution in [0.25, 0.3) is 22.1 Å². The van der Waals surface area contributed by atoms with E-state index in [2.05, 4.69) is 10.2 Å². The molecule has 31 heavy (non-hydrogen) atoms. The van der Waals surface area contributed by atoms with Crippen LogP contribution in [0.5, 0.6) is 5.75 Å². The number of nitro groups is 1. The van der Waals surface area contributed by atoms with Crippen LogP contribution in [-0.2, 0) is 0 Å². The summed E-state index contributed by atoms with van der Waals surface area (Å²) in [7, 11) is 0. The van der Waals surface area contributed by atoms with Gasteiger partial charge in [0.2, 0.25) is 0 Å². The Morgan fingerprint density at radius 3 is 2.61 bits per heavy atom. The summed E-state index contributed by atoms with van der Waals surface area (Å²) >= 11 is 0. The summed E-state index contributed by atoms with van der Waals surface area (Å²) in [6.45, 7) is 6.03. The minimum absolute atomic E-state index is 0.0244. The highest BCUT2D eigenvalue weighted by atomic mass is 16.6. The molecule has 0 spiro atoms. The lowest BCUT2D eigenvalue weighted by Gasteiger charge is -2.26. The largest absolute Gasteiger partial charge is 0.493 e. The molecule has 0 atom stereocenters. The quantitative estimate of drug-likeness (QED) is 0.337. The molecule has 1 aromatic heterocycles. The Hall–Kier alpha value is -3.23. The van der Waals surface area contributed by atoms with Crippen LogP contribution >= 0.6 is 0 Å². The van der Waals surface area contributed by atoms with Crippen molar-refractivity contribution in [2.24, 2.45) is 0 Å². The van der Waals surface area contributed by atoms with E-state index in [1.807, 2.05) is 0 Å². The number of hydrogen-bond donors (Lipinski definition) is 1. The molecule has 2 aromatic carbocycles. The lowest BCUT2D eigenvalue weighted by Crippen LogP contribution is -2.43. The number of ether oxygens (including phenoxy) is 1. The van der Waals surface area contributed by atoms with Gasteiger partial charge in [0.05, 0.1) is 22.5 Å². The third-order valence-electron chi connectivity index (χ3n) is 5.48. The molecule has 8 heteroatoms. The van der Waals surface area contributed by atoms with E-state index in [9.17, 15) is 14.9 Å². The fraction of sp³-hybridized carbons (Fsp3) is 0.348. The number of rotatable bonds is 8. The normalized spacial score (nSPS) is 14.6. The molecule has 4 rings (SSSR count). The van der Waals surface area contributed by atoms with E-state index in [0.717, 1.165) is 45.6 Å². The van der Waals surface area contributed by atoms with Gasteiger partial charge in [0.15, 0.2) is 5.43 Å². The van der Waals surface area contributed by atoms with Gasteiger partial charge in [0.25, 0.3) is 5.69 Å². The van der Waals surface area contributed by atoms with Crippen molar-refractivity contribution in [2.75, 3.05) is 39.3 Å². The van der Waals surface area contributed by atoms with Crippen molar-refractivity contribution in [3.05, 3.63) is 69.1 Å². The first kappa shape index (κ1) is 21.0. The topological polar surface area (TPSA) is 97.8 Å². The van der Waals surface area contributed by atoms with Crippen LogP contribution in [-0.4, -0.2) is 49.2 Å². The van der Waals surface area contributed by atoms with Gasteiger partial charge >= 0.3 is 0 Å². The lowest BCUT2D eigenvalue weighted by atomic mass is 10.1. The standard InChI is InChI=1S/C23H25N3O5/c27-23-20-8-7-19(30-14-2-1-11-25-12-9-24-10-13-25)15-22(20)31-16-21(23)17-3-5-18(6-4-17)26(28)29/h3-8,15-16,24H,1-2,9-14H2. The SMILES string of the molecule is O=c1c(-c2ccc([N+](=O)[O-])cc2)coc2cc(OCCCCN3CCNCC3)ccc12. The van der Waals surface area contributed by atoms with E-state index in [0.29, 0.717) is 34.5 Å². The smallest absolute Gasteiger partial charge is 0.269 e. The number of fused-ring (bicyclic) bond motifs is 1. The van der Waals surface area contributed by atoms with Gasteiger partial charge in [-0.05, 0) is 49.2 Å². The average Bonchev–Trinajstić information content (AvgIpc) is 2.80. The van der Waals surface area contributed by atoms with Gasteiger partial charge < -0.3 is 19.4 Å². The van der Waals surface area contributed by atoms with E-state index in [4.69, 9.17) is 9.15 Å². The molecule has 0 radical (unpaired) electrons. The summed E-state index contributed by atoms with van der Waals surface area (Å²) in [5, 5.41) is 14.6. The number of nitrogens with one attached hydrogen (secondary N) is 1. The molecule has 2 heterocycles. The number of piperazine rings is 1. The summed E-state index contributed by atoms with van der Waals surface area (Å²) in [6.07, 6.45) is 3.44. The van der Waals surface area contributed by atoms with E-state index >= 15 is 0 Å². The average molecular weight is 423 g/mol. The van der Waals surface area contributed by atoms with Crippen LogP contribution in [0.15, 0.2) is 57.9 Å². The second-order valence-electron chi connectivity index (χ2n) is 7.59. The van der Waals surface area contributed by atoms with Crippen molar-refractivity contribution >= 4 is 16.7 Å². The first-order valence-corrected chi connectivity index (χ1v) is 10.5. The molecule has 0 bridgehead atoms. The van der Waals surface area contributed by atoms with Crippen molar-refractivity contribution in [3.8, 4) is 16.9 Å². The molecule has 0 saturated carbocycles. The highest BCUT2D eigenvalue weighted by Crippen LogP contribution is 2.24. The van der Waals surface area contributed by atoms with Gasteiger partial charge in [-0.15, -0.1) is 0 Å². The van der Waals surface area contributed by atoms with Gasteiger partial charge in [-0.25, -0.2) is 0 Å². The van der Waals surface area contributed by atoms with Crippen molar-refractivity contribution in [1.29, 1.82) is 0 Å². The lowest BCUT2D eigenvalue weighted by molar-refractivity contribution is -0.384. The number of nitro benzene ring substituents is 1. The summed E-state index contributed by atoms with van der Waals surface area (Å²) in [6, 6.07) is 11.0.